The number of carbonyl (C=O) groups is 1. The largest absolute Gasteiger partial charge is 0.378 e. The average Bonchev–Trinajstić information content (AvgIpc) is 3.23. The van der Waals surface area contributed by atoms with Crippen LogP contribution < -0.4 is 9.62 Å². The lowest BCUT2D eigenvalue weighted by molar-refractivity contribution is 0.111. The van der Waals surface area contributed by atoms with Crippen LogP contribution in [0.25, 0.3) is 0 Å². The molecular formula is C19H24F2N6O4S. The van der Waals surface area contributed by atoms with E-state index in [0.29, 0.717) is 17.9 Å². The summed E-state index contributed by atoms with van der Waals surface area (Å²) in [7, 11) is -2.14. The molecular weight excluding hydrogens is 446 g/mol. The van der Waals surface area contributed by atoms with Crippen molar-refractivity contribution >= 4 is 27.4 Å². The van der Waals surface area contributed by atoms with Crippen molar-refractivity contribution in [2.45, 2.75) is 51.6 Å². The van der Waals surface area contributed by atoms with Crippen molar-refractivity contribution < 1.29 is 26.7 Å². The van der Waals surface area contributed by atoms with Crippen LogP contribution in [0, 0.1) is 0 Å². The summed E-state index contributed by atoms with van der Waals surface area (Å²) in [4.78, 5) is 18.0. The van der Waals surface area contributed by atoms with Crippen LogP contribution in [0.4, 0.5) is 25.0 Å². The number of anilines is 2. The normalized spacial score (nSPS) is 24.6. The van der Waals surface area contributed by atoms with E-state index >= 15 is 0 Å². The zero-order valence-corrected chi connectivity index (χ0v) is 18.6. The second-order valence-corrected chi connectivity index (χ2v) is 9.82. The lowest BCUT2D eigenvalue weighted by atomic mass is 10.1. The van der Waals surface area contributed by atoms with E-state index in [1.54, 1.807) is 11.6 Å². The molecule has 0 aromatic carbocycles. The molecule has 13 heteroatoms. The molecule has 32 heavy (non-hydrogen) atoms. The molecule has 1 fully saturated rings. The number of hydrogen-bond acceptors (Lipinski definition) is 6. The Morgan fingerprint density at radius 1 is 1.34 bits per heavy atom. The van der Waals surface area contributed by atoms with Crippen LogP contribution in [0.15, 0.2) is 24.5 Å². The molecule has 2 amide bonds. The highest BCUT2D eigenvalue weighted by molar-refractivity contribution is 7.93. The van der Waals surface area contributed by atoms with Crippen LogP contribution in [-0.2, 0) is 27.8 Å². The number of rotatable bonds is 4. The quantitative estimate of drug-likeness (QED) is 0.734. The molecule has 0 bridgehead atoms. The third-order valence-corrected chi connectivity index (χ3v) is 7.73. The zero-order valence-electron chi connectivity index (χ0n) is 17.8. The summed E-state index contributed by atoms with van der Waals surface area (Å²) in [5.41, 5.74) is 0.750. The van der Waals surface area contributed by atoms with Crippen LogP contribution in [0.3, 0.4) is 0 Å². The van der Waals surface area contributed by atoms with Gasteiger partial charge in [0.15, 0.2) is 0 Å². The highest BCUT2D eigenvalue weighted by Crippen LogP contribution is 2.35. The first-order valence-corrected chi connectivity index (χ1v) is 11.6. The van der Waals surface area contributed by atoms with Gasteiger partial charge in [0.05, 0.1) is 54.6 Å². The molecule has 2 aliphatic heterocycles. The smallest absolute Gasteiger partial charge is 0.322 e. The molecule has 0 aliphatic carbocycles. The number of amides is 2. The van der Waals surface area contributed by atoms with Gasteiger partial charge < -0.3 is 15.0 Å². The Bertz CT molecular complexity index is 1120. The van der Waals surface area contributed by atoms with Crippen molar-refractivity contribution in [2.24, 2.45) is 0 Å². The van der Waals surface area contributed by atoms with E-state index in [0.717, 1.165) is 6.07 Å². The van der Waals surface area contributed by atoms with Crippen molar-refractivity contribution in [1.82, 2.24) is 19.7 Å². The number of pyridine rings is 1. The molecule has 4 heterocycles. The van der Waals surface area contributed by atoms with Crippen molar-refractivity contribution in [3.05, 3.63) is 35.9 Å². The van der Waals surface area contributed by atoms with Crippen LogP contribution in [0.2, 0.25) is 0 Å². The van der Waals surface area contributed by atoms with Gasteiger partial charge in [-0.05, 0) is 26.0 Å². The summed E-state index contributed by atoms with van der Waals surface area (Å²) in [6.07, 6.45) is -0.533. The van der Waals surface area contributed by atoms with Crippen molar-refractivity contribution in [3.8, 4) is 0 Å². The first-order valence-electron chi connectivity index (χ1n) is 10.0. The highest BCUT2D eigenvalue weighted by Gasteiger charge is 2.45. The molecule has 0 saturated carbocycles. The van der Waals surface area contributed by atoms with Crippen molar-refractivity contribution in [1.29, 1.82) is 0 Å². The predicted molar refractivity (Wildman–Crippen MR) is 112 cm³/mol. The number of hydrogen-bond donors (Lipinski definition) is 1. The Balaban J connectivity index is 1.59. The molecule has 0 spiro atoms. The standard InChI is InChI=1S/C19H24F2N6O4S/c1-11-8-26-16(15(7-23-26)27-12(2)17(31-3)10-32(27,29)30)9-25(11)19(28)24-13-4-5-22-14(6-13)18(20)21/h4-7,11-12,17-18H,8-10H2,1-3H3,(H,22,24,28). The fraction of sp³-hybridized carbons (Fsp3) is 0.526. The molecule has 10 nitrogen and oxygen atoms in total. The van der Waals surface area contributed by atoms with Crippen LogP contribution in [0.5, 0.6) is 0 Å². The number of sulfonamides is 1. The molecule has 3 unspecified atom stereocenters. The molecule has 1 saturated heterocycles. The molecule has 0 radical (unpaired) electrons. The molecule has 1 N–H and O–H groups in total. The van der Waals surface area contributed by atoms with Crippen LogP contribution in [0.1, 0.15) is 31.7 Å². The Labute approximate surface area is 184 Å². The Hall–Kier alpha value is -2.80. The number of methoxy groups -OCH3 is 1. The summed E-state index contributed by atoms with van der Waals surface area (Å²) in [5, 5.41) is 6.95. The lowest BCUT2D eigenvalue weighted by Crippen LogP contribution is -2.47. The number of alkyl halides is 2. The molecule has 2 aliphatic rings. The lowest BCUT2D eigenvalue weighted by Gasteiger charge is -2.35. The maximum absolute atomic E-state index is 12.9. The number of nitrogens with one attached hydrogen (secondary N) is 1. The number of carbonyl (C=O) groups excluding carboxylic acids is 1. The number of aromatic nitrogens is 3. The number of urea groups is 1. The predicted octanol–water partition coefficient (Wildman–Crippen LogP) is 2.21. The average molecular weight is 471 g/mol. The van der Waals surface area contributed by atoms with Crippen LogP contribution in [-0.4, -0.2) is 65.2 Å². The van der Waals surface area contributed by atoms with Gasteiger partial charge in [-0.3, -0.25) is 14.0 Å². The van der Waals surface area contributed by atoms with Gasteiger partial charge in [-0.1, -0.05) is 0 Å². The molecule has 2 aromatic rings. The molecule has 4 rings (SSSR count). The maximum atomic E-state index is 12.9. The van der Waals surface area contributed by atoms with Gasteiger partial charge in [-0.25, -0.2) is 22.0 Å². The van der Waals surface area contributed by atoms with E-state index in [1.807, 2.05) is 6.92 Å². The molecule has 174 valence electrons. The van der Waals surface area contributed by atoms with Gasteiger partial charge >= 0.3 is 6.03 Å². The second kappa shape index (κ2) is 8.28. The minimum absolute atomic E-state index is 0.103. The van der Waals surface area contributed by atoms with E-state index < -0.39 is 40.3 Å². The van der Waals surface area contributed by atoms with Crippen molar-refractivity contribution in [2.75, 3.05) is 22.5 Å². The minimum Gasteiger partial charge on any atom is -0.378 e. The fourth-order valence-corrected chi connectivity index (χ4v) is 6.23. The van der Waals surface area contributed by atoms with E-state index in [1.165, 1.54) is 34.8 Å². The molecule has 3 atom stereocenters. The third kappa shape index (κ3) is 3.90. The van der Waals surface area contributed by atoms with E-state index in [2.05, 4.69) is 15.4 Å². The number of nitrogens with zero attached hydrogens (tertiary/aromatic N) is 5. The van der Waals surface area contributed by atoms with Crippen molar-refractivity contribution in [3.63, 3.8) is 0 Å². The number of fused-ring (bicyclic) bond motifs is 1. The summed E-state index contributed by atoms with van der Waals surface area (Å²) in [5.74, 6) is -0.135. The summed E-state index contributed by atoms with van der Waals surface area (Å²) >= 11 is 0. The van der Waals surface area contributed by atoms with E-state index in [4.69, 9.17) is 4.74 Å². The fourth-order valence-electron chi connectivity index (χ4n) is 4.15. The molecule has 2 aromatic heterocycles. The topological polar surface area (TPSA) is 110 Å². The summed E-state index contributed by atoms with van der Waals surface area (Å²) in [6.45, 7) is 4.06. The van der Waals surface area contributed by atoms with Gasteiger partial charge in [0.1, 0.15) is 5.69 Å². The highest BCUT2D eigenvalue weighted by atomic mass is 32.2. The number of ether oxygens (including phenoxy) is 1. The van der Waals surface area contributed by atoms with Gasteiger partial charge in [0.25, 0.3) is 6.43 Å². The first-order chi connectivity index (χ1) is 15.1. The Kier molecular flexibility index (Phi) is 5.79. The Morgan fingerprint density at radius 3 is 2.75 bits per heavy atom. The minimum atomic E-state index is -3.61. The number of halogens is 2. The van der Waals surface area contributed by atoms with Crippen LogP contribution >= 0.6 is 0 Å². The van der Waals surface area contributed by atoms with Gasteiger partial charge in [0, 0.05) is 19.0 Å². The summed E-state index contributed by atoms with van der Waals surface area (Å²) in [6, 6.07) is 1.37. The Morgan fingerprint density at radius 2 is 2.09 bits per heavy atom. The monoisotopic (exact) mass is 470 g/mol. The zero-order chi connectivity index (χ0) is 23.2. The maximum Gasteiger partial charge on any atom is 0.322 e. The van der Waals surface area contributed by atoms with E-state index in [-0.39, 0.29) is 24.0 Å². The third-order valence-electron chi connectivity index (χ3n) is 5.86. The summed E-state index contributed by atoms with van der Waals surface area (Å²) < 4.78 is 59.7. The SMILES string of the molecule is COC1CS(=O)(=O)N(c2cnn3c2CN(C(=O)Nc2ccnc(C(F)F)c2)C(C)C3)C1C. The van der Waals surface area contributed by atoms with Gasteiger partial charge in [-0.15, -0.1) is 0 Å². The van der Waals surface area contributed by atoms with E-state index in [9.17, 15) is 22.0 Å². The van der Waals surface area contributed by atoms with Gasteiger partial charge in [0.2, 0.25) is 10.0 Å². The first kappa shape index (κ1) is 22.4. The van der Waals surface area contributed by atoms with Gasteiger partial charge in [-0.2, -0.15) is 5.10 Å². The second-order valence-electron chi connectivity index (χ2n) is 7.92.